The molecule has 2 rings (SSSR count). The van der Waals surface area contributed by atoms with E-state index >= 15 is 0 Å². The highest BCUT2D eigenvalue weighted by atomic mass is 32.2. The summed E-state index contributed by atoms with van der Waals surface area (Å²) in [7, 11) is 0. The first kappa shape index (κ1) is 12.4. The van der Waals surface area contributed by atoms with Gasteiger partial charge in [0.1, 0.15) is 5.78 Å². The second-order valence-corrected chi connectivity index (χ2v) is 6.10. The van der Waals surface area contributed by atoms with Gasteiger partial charge < -0.3 is 9.80 Å². The summed E-state index contributed by atoms with van der Waals surface area (Å²) in [6.45, 7) is 8.82. The number of rotatable bonds is 3. The number of nitrogens with zero attached hydrogens (tertiary/aromatic N) is 2. The van der Waals surface area contributed by atoms with Crippen LogP contribution in [0.15, 0.2) is 0 Å². The van der Waals surface area contributed by atoms with Crippen molar-refractivity contribution >= 4 is 17.5 Å². The molecule has 16 heavy (non-hydrogen) atoms. The first-order valence-corrected chi connectivity index (χ1v) is 7.46. The summed E-state index contributed by atoms with van der Waals surface area (Å²) in [5.41, 5.74) is 0. The predicted molar refractivity (Wildman–Crippen MR) is 69.0 cm³/mol. The Morgan fingerprint density at radius 2 is 1.88 bits per heavy atom. The van der Waals surface area contributed by atoms with Crippen molar-refractivity contribution in [3.8, 4) is 0 Å². The lowest BCUT2D eigenvalue weighted by atomic mass is 9.99. The molecule has 0 radical (unpaired) electrons. The summed E-state index contributed by atoms with van der Waals surface area (Å²) in [5, 5.41) is 0. The third-order valence-corrected chi connectivity index (χ3v) is 4.53. The summed E-state index contributed by atoms with van der Waals surface area (Å²) in [4.78, 5) is 16.4. The highest BCUT2D eigenvalue weighted by Crippen LogP contribution is 2.13. The van der Waals surface area contributed by atoms with Gasteiger partial charge in [0.2, 0.25) is 0 Å². The van der Waals surface area contributed by atoms with Crippen LogP contribution in [0.2, 0.25) is 0 Å². The lowest BCUT2D eigenvalue weighted by molar-refractivity contribution is -0.125. The van der Waals surface area contributed by atoms with Gasteiger partial charge in [-0.3, -0.25) is 4.79 Å². The molecule has 0 aromatic carbocycles. The molecule has 0 N–H and O–H groups in total. The van der Waals surface area contributed by atoms with Crippen LogP contribution in [0.5, 0.6) is 0 Å². The molecule has 4 heteroatoms. The van der Waals surface area contributed by atoms with Gasteiger partial charge in [-0.05, 0) is 0 Å². The minimum absolute atomic E-state index is 0.255. The highest BCUT2D eigenvalue weighted by molar-refractivity contribution is 7.99. The second-order valence-electron chi connectivity index (χ2n) is 4.87. The summed E-state index contributed by atoms with van der Waals surface area (Å²) in [6, 6.07) is 0. The summed E-state index contributed by atoms with van der Waals surface area (Å²) in [6.07, 6.45) is 0.761. The van der Waals surface area contributed by atoms with E-state index in [1.165, 1.54) is 31.1 Å². The molecule has 1 atom stereocenters. The van der Waals surface area contributed by atoms with Gasteiger partial charge in [-0.15, -0.1) is 0 Å². The molecule has 0 amide bonds. The van der Waals surface area contributed by atoms with Gasteiger partial charge in [0.15, 0.2) is 0 Å². The zero-order valence-electron chi connectivity index (χ0n) is 10.2. The topological polar surface area (TPSA) is 23.6 Å². The van der Waals surface area contributed by atoms with Crippen molar-refractivity contribution in [1.29, 1.82) is 0 Å². The zero-order chi connectivity index (χ0) is 11.4. The van der Waals surface area contributed by atoms with E-state index in [2.05, 4.69) is 28.5 Å². The summed E-state index contributed by atoms with van der Waals surface area (Å²) < 4.78 is 0. The third-order valence-electron chi connectivity index (χ3n) is 3.59. The molecule has 1 unspecified atom stereocenters. The quantitative estimate of drug-likeness (QED) is 0.735. The maximum absolute atomic E-state index is 11.4. The van der Waals surface area contributed by atoms with Crippen LogP contribution in [0, 0.1) is 5.92 Å². The van der Waals surface area contributed by atoms with Gasteiger partial charge in [0, 0.05) is 63.1 Å². The van der Waals surface area contributed by atoms with Crippen molar-refractivity contribution in [2.24, 2.45) is 5.92 Å². The predicted octanol–water partition coefficient (Wildman–Crippen LogP) is 0.946. The first-order chi connectivity index (χ1) is 7.75. The van der Waals surface area contributed by atoms with Crippen LogP contribution in [-0.2, 0) is 4.79 Å². The van der Waals surface area contributed by atoms with Gasteiger partial charge in [0.25, 0.3) is 0 Å². The van der Waals surface area contributed by atoms with Crippen LogP contribution in [0.1, 0.15) is 13.3 Å². The van der Waals surface area contributed by atoms with Crippen LogP contribution >= 0.6 is 11.8 Å². The minimum Gasteiger partial charge on any atom is -0.301 e. The highest BCUT2D eigenvalue weighted by Gasteiger charge is 2.23. The lowest BCUT2D eigenvalue weighted by Gasteiger charge is -2.33. The molecule has 0 spiro atoms. The zero-order valence-corrected chi connectivity index (χ0v) is 11.0. The number of hydrogen-bond donors (Lipinski definition) is 0. The number of carbonyl (C=O) groups excluding carboxylic acids is 1. The molecule has 3 nitrogen and oxygen atoms in total. The van der Waals surface area contributed by atoms with Gasteiger partial charge in [-0.25, -0.2) is 0 Å². The van der Waals surface area contributed by atoms with E-state index < -0.39 is 0 Å². The number of carbonyl (C=O) groups is 1. The SMILES string of the molecule is CC1CN(CCN2CCSCC2)CCC1=O. The van der Waals surface area contributed by atoms with Gasteiger partial charge in [-0.1, -0.05) is 6.92 Å². The Balaban J connectivity index is 1.67. The first-order valence-electron chi connectivity index (χ1n) is 6.31. The number of ketones is 1. The fraction of sp³-hybridized carbons (Fsp3) is 0.917. The minimum atomic E-state index is 0.255. The number of hydrogen-bond acceptors (Lipinski definition) is 4. The monoisotopic (exact) mass is 242 g/mol. The molecule has 0 aromatic rings. The van der Waals surface area contributed by atoms with Crippen LogP contribution in [0.25, 0.3) is 0 Å². The summed E-state index contributed by atoms with van der Waals surface area (Å²) in [5.74, 6) is 3.28. The molecule has 0 aliphatic carbocycles. The Morgan fingerprint density at radius 1 is 1.19 bits per heavy atom. The van der Waals surface area contributed by atoms with Crippen LogP contribution < -0.4 is 0 Å². The maximum Gasteiger partial charge on any atom is 0.138 e. The van der Waals surface area contributed by atoms with Crippen molar-refractivity contribution in [3.63, 3.8) is 0 Å². The Labute approximate surface area is 103 Å². The Kier molecular flexibility index (Phi) is 4.67. The van der Waals surface area contributed by atoms with Crippen molar-refractivity contribution in [3.05, 3.63) is 0 Å². The van der Waals surface area contributed by atoms with E-state index in [9.17, 15) is 4.79 Å². The number of thioether (sulfide) groups is 1. The molecule has 0 bridgehead atoms. The average Bonchev–Trinajstić information content (AvgIpc) is 2.32. The Hall–Kier alpha value is -0.0600. The standard InChI is InChI=1S/C12H22N2OS/c1-11-10-14(3-2-12(11)15)5-4-13-6-8-16-9-7-13/h11H,2-10H2,1H3. The van der Waals surface area contributed by atoms with E-state index in [1.54, 1.807) is 0 Å². The van der Waals surface area contributed by atoms with E-state index in [-0.39, 0.29) is 5.92 Å². The van der Waals surface area contributed by atoms with E-state index in [1.807, 2.05) is 0 Å². The molecule has 2 heterocycles. The molecule has 2 fully saturated rings. The van der Waals surface area contributed by atoms with E-state index in [4.69, 9.17) is 0 Å². The normalized spacial score (nSPS) is 29.6. The molecular formula is C12H22N2OS. The third kappa shape index (κ3) is 3.47. The van der Waals surface area contributed by atoms with Crippen molar-refractivity contribution in [2.75, 3.05) is 50.8 Å². The number of piperidine rings is 1. The fourth-order valence-corrected chi connectivity index (χ4v) is 3.38. The fourth-order valence-electron chi connectivity index (χ4n) is 2.41. The second kappa shape index (κ2) is 6.03. The molecule has 0 saturated carbocycles. The van der Waals surface area contributed by atoms with Crippen LogP contribution in [0.4, 0.5) is 0 Å². The van der Waals surface area contributed by atoms with Crippen molar-refractivity contribution in [2.45, 2.75) is 13.3 Å². The van der Waals surface area contributed by atoms with Gasteiger partial charge >= 0.3 is 0 Å². The van der Waals surface area contributed by atoms with Crippen molar-refractivity contribution in [1.82, 2.24) is 9.80 Å². The molecule has 92 valence electrons. The van der Waals surface area contributed by atoms with Crippen molar-refractivity contribution < 1.29 is 4.79 Å². The number of Topliss-reactive ketones (excluding diaryl/α,β-unsaturated/α-hetero) is 1. The largest absolute Gasteiger partial charge is 0.301 e. The molecular weight excluding hydrogens is 220 g/mol. The number of likely N-dealkylation sites (tertiary alicyclic amines) is 1. The summed E-state index contributed by atoms with van der Waals surface area (Å²) >= 11 is 2.06. The smallest absolute Gasteiger partial charge is 0.138 e. The van der Waals surface area contributed by atoms with E-state index in [0.29, 0.717) is 5.78 Å². The maximum atomic E-state index is 11.4. The Morgan fingerprint density at radius 3 is 2.56 bits per heavy atom. The Bertz CT molecular complexity index is 241. The van der Waals surface area contributed by atoms with Gasteiger partial charge in [-0.2, -0.15) is 11.8 Å². The van der Waals surface area contributed by atoms with Crippen LogP contribution in [0.3, 0.4) is 0 Å². The van der Waals surface area contributed by atoms with E-state index in [0.717, 1.165) is 26.1 Å². The van der Waals surface area contributed by atoms with Gasteiger partial charge in [0.05, 0.1) is 0 Å². The van der Waals surface area contributed by atoms with Crippen LogP contribution in [-0.4, -0.2) is 66.4 Å². The molecule has 0 aromatic heterocycles. The molecule has 2 aliphatic heterocycles. The molecule has 2 aliphatic rings. The average molecular weight is 242 g/mol. The lowest BCUT2D eigenvalue weighted by Crippen LogP contribution is -2.44. The molecule has 2 saturated heterocycles.